The fraction of sp³-hybridized carbons (Fsp3) is 0.500. The van der Waals surface area contributed by atoms with Crippen molar-refractivity contribution in [1.29, 1.82) is 0 Å². The number of anilines is 2. The number of rotatable bonds is 3. The van der Waals surface area contributed by atoms with Gasteiger partial charge < -0.3 is 20.0 Å². The molecule has 0 atom stereocenters. The largest absolute Gasteiger partial charge is 0.408 e. The molecule has 0 saturated carbocycles. The molecule has 1 aliphatic rings. The molecule has 2 N–H and O–H groups in total. The number of nitrogens with one attached hydrogen (secondary N) is 2. The van der Waals surface area contributed by atoms with Crippen molar-refractivity contribution in [2.24, 2.45) is 0 Å². The van der Waals surface area contributed by atoms with Gasteiger partial charge >= 0.3 is 12.0 Å². The number of carbonyl (C=O) groups is 1. The number of benzene rings is 1. The molecule has 134 valence electrons. The molecule has 7 heteroatoms. The molecule has 1 aromatic heterocycles. The average molecular weight is 343 g/mol. The van der Waals surface area contributed by atoms with E-state index in [4.69, 9.17) is 4.42 Å². The Labute approximate surface area is 147 Å². The van der Waals surface area contributed by atoms with Gasteiger partial charge in [0.2, 0.25) is 5.89 Å². The van der Waals surface area contributed by atoms with Crippen LogP contribution >= 0.6 is 0 Å². The quantitative estimate of drug-likeness (QED) is 0.891. The third kappa shape index (κ3) is 4.49. The summed E-state index contributed by atoms with van der Waals surface area (Å²) in [6, 6.07) is 10.1. The first kappa shape index (κ1) is 17.3. The molecule has 0 spiro atoms. The van der Waals surface area contributed by atoms with Gasteiger partial charge in [-0.05, 0) is 25.0 Å². The van der Waals surface area contributed by atoms with Crippen molar-refractivity contribution in [3.05, 3.63) is 36.2 Å². The molecule has 7 nitrogen and oxygen atoms in total. The van der Waals surface area contributed by atoms with Crippen molar-refractivity contribution < 1.29 is 9.21 Å². The van der Waals surface area contributed by atoms with Gasteiger partial charge in [0.25, 0.3) is 0 Å². The van der Waals surface area contributed by atoms with E-state index in [1.807, 2.05) is 56.0 Å². The highest BCUT2D eigenvalue weighted by molar-refractivity contribution is 5.89. The first-order chi connectivity index (χ1) is 11.9. The van der Waals surface area contributed by atoms with Crippen LogP contribution in [0.5, 0.6) is 0 Å². The van der Waals surface area contributed by atoms with E-state index >= 15 is 0 Å². The molecule has 1 aromatic carbocycles. The number of carbonyl (C=O) groups excluding carboxylic acids is 1. The number of piperidine rings is 1. The SMILES string of the molecule is CC(C)(C)c1nnc(NC2CCN(C(=O)Nc3ccccc3)CC2)o1. The number of urea groups is 1. The van der Waals surface area contributed by atoms with E-state index in [-0.39, 0.29) is 17.5 Å². The molecule has 3 rings (SSSR count). The van der Waals surface area contributed by atoms with Gasteiger partial charge in [0.05, 0.1) is 0 Å². The van der Waals surface area contributed by atoms with Crippen LogP contribution in [0.1, 0.15) is 39.5 Å². The zero-order chi connectivity index (χ0) is 17.9. The number of hydrogen-bond donors (Lipinski definition) is 2. The van der Waals surface area contributed by atoms with Gasteiger partial charge in [-0.2, -0.15) is 0 Å². The molecule has 2 amide bonds. The van der Waals surface area contributed by atoms with Gasteiger partial charge in [-0.1, -0.05) is 44.1 Å². The molecule has 0 bridgehead atoms. The van der Waals surface area contributed by atoms with Crippen LogP contribution in [0.2, 0.25) is 0 Å². The van der Waals surface area contributed by atoms with Gasteiger partial charge in [-0.15, -0.1) is 5.10 Å². The predicted molar refractivity (Wildman–Crippen MR) is 96.7 cm³/mol. The summed E-state index contributed by atoms with van der Waals surface area (Å²) in [5.41, 5.74) is 0.652. The minimum atomic E-state index is -0.161. The summed E-state index contributed by atoms with van der Waals surface area (Å²) in [6.45, 7) is 7.49. The van der Waals surface area contributed by atoms with Crippen LogP contribution in [0.4, 0.5) is 16.5 Å². The Morgan fingerprint density at radius 2 is 1.84 bits per heavy atom. The van der Waals surface area contributed by atoms with E-state index in [0.29, 0.717) is 25.0 Å². The van der Waals surface area contributed by atoms with Crippen LogP contribution in [0, 0.1) is 0 Å². The summed E-state index contributed by atoms with van der Waals surface area (Å²) in [7, 11) is 0. The molecular weight excluding hydrogens is 318 g/mol. The summed E-state index contributed by atoms with van der Waals surface area (Å²) >= 11 is 0. The van der Waals surface area contributed by atoms with Crippen molar-refractivity contribution in [1.82, 2.24) is 15.1 Å². The molecule has 0 radical (unpaired) electrons. The second-order valence-electron chi connectivity index (χ2n) is 7.36. The fourth-order valence-electron chi connectivity index (χ4n) is 2.71. The standard InChI is InChI=1S/C18H25N5O2/c1-18(2,3)15-21-22-16(25-15)19-14-9-11-23(12-10-14)17(24)20-13-7-5-4-6-8-13/h4-8,14H,9-12H2,1-3H3,(H,19,22)(H,20,24). The zero-order valence-corrected chi connectivity index (χ0v) is 15.0. The Hall–Kier alpha value is -2.57. The molecule has 2 heterocycles. The highest BCUT2D eigenvalue weighted by Gasteiger charge is 2.25. The van der Waals surface area contributed by atoms with Crippen LogP contribution in [0.15, 0.2) is 34.7 Å². The van der Waals surface area contributed by atoms with Crippen molar-refractivity contribution in [2.45, 2.75) is 45.1 Å². The maximum atomic E-state index is 12.3. The van der Waals surface area contributed by atoms with Crippen LogP contribution in [-0.2, 0) is 5.41 Å². The monoisotopic (exact) mass is 343 g/mol. The molecule has 0 unspecified atom stereocenters. The van der Waals surface area contributed by atoms with Crippen molar-refractivity contribution >= 4 is 17.7 Å². The lowest BCUT2D eigenvalue weighted by molar-refractivity contribution is 0.196. The highest BCUT2D eigenvalue weighted by Crippen LogP contribution is 2.23. The van der Waals surface area contributed by atoms with Crippen molar-refractivity contribution in [3.8, 4) is 0 Å². The second kappa shape index (κ2) is 7.13. The Kier molecular flexibility index (Phi) is 4.92. The van der Waals surface area contributed by atoms with Gasteiger partial charge in [0, 0.05) is 30.2 Å². The van der Waals surface area contributed by atoms with Gasteiger partial charge in [-0.3, -0.25) is 0 Å². The molecule has 25 heavy (non-hydrogen) atoms. The van der Waals surface area contributed by atoms with Crippen molar-refractivity contribution in [3.63, 3.8) is 0 Å². The summed E-state index contributed by atoms with van der Waals surface area (Å²) in [6.07, 6.45) is 1.69. The van der Waals surface area contributed by atoms with E-state index in [1.54, 1.807) is 0 Å². The van der Waals surface area contributed by atoms with Crippen LogP contribution in [-0.4, -0.2) is 40.3 Å². The Bertz CT molecular complexity index is 700. The predicted octanol–water partition coefficient (Wildman–Crippen LogP) is 3.48. The number of para-hydroxylation sites is 1. The van der Waals surface area contributed by atoms with Gasteiger partial charge in [0.1, 0.15) is 0 Å². The lowest BCUT2D eigenvalue weighted by Gasteiger charge is -2.32. The van der Waals surface area contributed by atoms with Crippen LogP contribution in [0.25, 0.3) is 0 Å². The third-order valence-corrected chi connectivity index (χ3v) is 4.20. The Morgan fingerprint density at radius 3 is 2.44 bits per heavy atom. The lowest BCUT2D eigenvalue weighted by Crippen LogP contribution is -2.44. The number of aromatic nitrogens is 2. The third-order valence-electron chi connectivity index (χ3n) is 4.20. The highest BCUT2D eigenvalue weighted by atomic mass is 16.4. The van der Waals surface area contributed by atoms with E-state index in [0.717, 1.165) is 18.5 Å². The minimum absolute atomic E-state index is 0.0579. The summed E-state index contributed by atoms with van der Waals surface area (Å²) in [5, 5.41) is 14.4. The molecule has 0 aliphatic carbocycles. The normalized spacial score (nSPS) is 15.9. The molecule has 1 saturated heterocycles. The molecular formula is C18H25N5O2. The number of likely N-dealkylation sites (tertiary alicyclic amines) is 1. The van der Waals surface area contributed by atoms with E-state index < -0.39 is 0 Å². The molecule has 2 aromatic rings. The first-order valence-electron chi connectivity index (χ1n) is 8.63. The average Bonchev–Trinajstić information content (AvgIpc) is 3.05. The Morgan fingerprint density at radius 1 is 1.16 bits per heavy atom. The van der Waals surface area contributed by atoms with E-state index in [9.17, 15) is 4.79 Å². The zero-order valence-electron chi connectivity index (χ0n) is 15.0. The summed E-state index contributed by atoms with van der Waals surface area (Å²) in [4.78, 5) is 14.1. The van der Waals surface area contributed by atoms with E-state index in [2.05, 4.69) is 20.8 Å². The minimum Gasteiger partial charge on any atom is -0.408 e. The van der Waals surface area contributed by atoms with Gasteiger partial charge in [-0.25, -0.2) is 4.79 Å². The number of nitrogens with zero attached hydrogens (tertiary/aromatic N) is 3. The van der Waals surface area contributed by atoms with E-state index in [1.165, 1.54) is 0 Å². The smallest absolute Gasteiger partial charge is 0.321 e. The lowest BCUT2D eigenvalue weighted by atomic mass is 9.97. The maximum absolute atomic E-state index is 12.3. The van der Waals surface area contributed by atoms with Crippen LogP contribution in [0.3, 0.4) is 0 Å². The number of amides is 2. The summed E-state index contributed by atoms with van der Waals surface area (Å²) in [5.74, 6) is 0.620. The molecule has 1 aliphatic heterocycles. The Balaban J connectivity index is 1.48. The fourth-order valence-corrected chi connectivity index (χ4v) is 2.71. The number of hydrogen-bond acceptors (Lipinski definition) is 5. The summed E-state index contributed by atoms with van der Waals surface area (Å²) < 4.78 is 5.68. The second-order valence-corrected chi connectivity index (χ2v) is 7.36. The molecule has 1 fully saturated rings. The first-order valence-corrected chi connectivity index (χ1v) is 8.63. The van der Waals surface area contributed by atoms with Gasteiger partial charge in [0.15, 0.2) is 0 Å². The maximum Gasteiger partial charge on any atom is 0.321 e. The topological polar surface area (TPSA) is 83.3 Å². The van der Waals surface area contributed by atoms with Crippen molar-refractivity contribution in [2.75, 3.05) is 23.7 Å². The van der Waals surface area contributed by atoms with Crippen LogP contribution < -0.4 is 10.6 Å².